The molecule has 0 unspecified atom stereocenters. The summed E-state index contributed by atoms with van der Waals surface area (Å²) in [6.07, 6.45) is 3.38. The lowest BCUT2D eigenvalue weighted by Gasteiger charge is -2.22. The van der Waals surface area contributed by atoms with Crippen molar-refractivity contribution >= 4 is 23.5 Å². The largest absolute Gasteiger partial charge is 0.347 e. The van der Waals surface area contributed by atoms with E-state index in [0.29, 0.717) is 24.1 Å². The highest BCUT2D eigenvalue weighted by atomic mass is 35.5. The van der Waals surface area contributed by atoms with Crippen LogP contribution < -0.4 is 10.2 Å². The fraction of sp³-hybridized carbons (Fsp3) is 0.389. The fourth-order valence-electron chi connectivity index (χ4n) is 3.22. The Morgan fingerprint density at radius 3 is 2.77 bits per heavy atom. The number of aromatic nitrogens is 2. The number of amides is 1. The van der Waals surface area contributed by atoms with E-state index in [1.807, 2.05) is 19.0 Å². The molecule has 1 aromatic heterocycles. The van der Waals surface area contributed by atoms with Crippen molar-refractivity contribution in [3.8, 4) is 0 Å². The van der Waals surface area contributed by atoms with E-state index < -0.39 is 11.7 Å². The first-order valence-corrected chi connectivity index (χ1v) is 8.74. The number of nitrogens with zero attached hydrogens (tertiary/aromatic N) is 4. The van der Waals surface area contributed by atoms with Gasteiger partial charge in [-0.05, 0) is 38.4 Å². The van der Waals surface area contributed by atoms with E-state index in [-0.39, 0.29) is 17.5 Å². The van der Waals surface area contributed by atoms with Gasteiger partial charge in [0.2, 0.25) is 5.95 Å². The Hall–Kier alpha value is -2.25. The van der Waals surface area contributed by atoms with Gasteiger partial charge in [0.25, 0.3) is 5.91 Å². The second-order valence-electron chi connectivity index (χ2n) is 6.68. The first kappa shape index (κ1) is 18.5. The van der Waals surface area contributed by atoms with Crippen LogP contribution in [-0.2, 0) is 0 Å². The number of nitrogens with one attached hydrogen (secondary N) is 1. The van der Waals surface area contributed by atoms with Crippen LogP contribution in [0, 0.1) is 11.7 Å². The highest BCUT2D eigenvalue weighted by molar-refractivity contribution is 6.31. The molecule has 2 aromatic rings. The third-order valence-corrected chi connectivity index (χ3v) is 4.60. The molecule has 8 heteroatoms. The number of hydrogen-bond donors (Lipinski definition) is 1. The molecule has 1 saturated heterocycles. The lowest BCUT2D eigenvalue weighted by atomic mass is 10.0. The van der Waals surface area contributed by atoms with Crippen molar-refractivity contribution < 1.29 is 9.18 Å². The molecule has 1 fully saturated rings. The van der Waals surface area contributed by atoms with Gasteiger partial charge in [0.1, 0.15) is 5.82 Å². The average molecular weight is 378 g/mol. The monoisotopic (exact) mass is 377 g/mol. The van der Waals surface area contributed by atoms with Gasteiger partial charge in [0.15, 0.2) is 0 Å². The fourth-order valence-corrected chi connectivity index (χ4v) is 3.40. The van der Waals surface area contributed by atoms with Crippen molar-refractivity contribution in [3.05, 3.63) is 53.1 Å². The summed E-state index contributed by atoms with van der Waals surface area (Å²) in [6, 6.07) is 5.59. The van der Waals surface area contributed by atoms with Crippen molar-refractivity contribution in [2.75, 3.05) is 38.6 Å². The number of hydrogen-bond acceptors (Lipinski definition) is 5. The summed E-state index contributed by atoms with van der Waals surface area (Å²) in [6.45, 7) is 2.06. The Balaban J connectivity index is 1.77. The molecule has 0 radical (unpaired) electrons. The van der Waals surface area contributed by atoms with Gasteiger partial charge in [-0.3, -0.25) is 4.79 Å². The summed E-state index contributed by atoms with van der Waals surface area (Å²) in [5.74, 6) is -0.256. The molecule has 0 saturated carbocycles. The normalized spacial score (nSPS) is 19.8. The molecular formula is C18H21ClFN5O. The molecule has 2 atom stereocenters. The zero-order valence-corrected chi connectivity index (χ0v) is 15.4. The second-order valence-corrected chi connectivity index (χ2v) is 7.12. The Morgan fingerprint density at radius 1 is 1.35 bits per heavy atom. The minimum absolute atomic E-state index is 0.0458. The van der Waals surface area contributed by atoms with Crippen LogP contribution >= 0.6 is 11.6 Å². The quantitative estimate of drug-likeness (QED) is 0.864. The number of anilines is 1. The van der Waals surface area contributed by atoms with Crippen LogP contribution in [0.5, 0.6) is 0 Å². The summed E-state index contributed by atoms with van der Waals surface area (Å²) in [5.41, 5.74) is -0.0458. The minimum Gasteiger partial charge on any atom is -0.347 e. The molecular weight excluding hydrogens is 357 g/mol. The van der Waals surface area contributed by atoms with E-state index in [1.54, 1.807) is 18.5 Å². The standard InChI is InChI=1S/C18H21ClFN5O/c1-24(2)9-12-10-25(18-21-6-3-7-22-18)11-16(12)23-17(26)14-8-13(19)4-5-15(14)20/h3-8,12,16H,9-11H2,1-2H3,(H,23,26)/t12-,16-/m1/s1. The summed E-state index contributed by atoms with van der Waals surface area (Å²) in [7, 11) is 3.97. The predicted molar refractivity (Wildman–Crippen MR) is 99.0 cm³/mol. The SMILES string of the molecule is CN(C)C[C@@H]1CN(c2ncccn2)C[C@H]1NC(=O)c1cc(Cl)ccc1F. The van der Waals surface area contributed by atoms with Gasteiger partial charge >= 0.3 is 0 Å². The van der Waals surface area contributed by atoms with Gasteiger partial charge in [-0.25, -0.2) is 14.4 Å². The maximum Gasteiger partial charge on any atom is 0.254 e. The van der Waals surface area contributed by atoms with E-state index >= 15 is 0 Å². The van der Waals surface area contributed by atoms with Gasteiger partial charge in [-0.15, -0.1) is 0 Å². The van der Waals surface area contributed by atoms with Crippen LogP contribution in [0.2, 0.25) is 5.02 Å². The van der Waals surface area contributed by atoms with E-state index in [9.17, 15) is 9.18 Å². The van der Waals surface area contributed by atoms with E-state index in [0.717, 1.165) is 6.54 Å². The Morgan fingerprint density at radius 2 is 2.08 bits per heavy atom. The Labute approximate surface area is 157 Å². The molecule has 3 rings (SSSR count). The zero-order valence-electron chi connectivity index (χ0n) is 14.7. The molecule has 138 valence electrons. The van der Waals surface area contributed by atoms with Crippen molar-refractivity contribution in [1.82, 2.24) is 20.2 Å². The van der Waals surface area contributed by atoms with Gasteiger partial charge < -0.3 is 15.1 Å². The first-order valence-electron chi connectivity index (χ1n) is 8.36. The summed E-state index contributed by atoms with van der Waals surface area (Å²) in [5, 5.41) is 3.28. The first-order chi connectivity index (χ1) is 12.4. The number of rotatable bonds is 5. The van der Waals surface area contributed by atoms with Crippen LogP contribution in [0.25, 0.3) is 0 Å². The number of halogens is 2. The van der Waals surface area contributed by atoms with Crippen LogP contribution in [-0.4, -0.2) is 60.5 Å². The Bertz CT molecular complexity index is 773. The molecule has 0 bridgehead atoms. The van der Waals surface area contributed by atoms with Crippen molar-refractivity contribution in [2.45, 2.75) is 6.04 Å². The van der Waals surface area contributed by atoms with Crippen LogP contribution in [0.4, 0.5) is 10.3 Å². The smallest absolute Gasteiger partial charge is 0.254 e. The molecule has 2 heterocycles. The minimum atomic E-state index is -0.586. The van der Waals surface area contributed by atoms with Gasteiger partial charge in [0.05, 0.1) is 11.6 Å². The number of carbonyl (C=O) groups is 1. The van der Waals surface area contributed by atoms with E-state index in [2.05, 4.69) is 20.2 Å². The molecule has 1 aliphatic heterocycles. The van der Waals surface area contributed by atoms with Crippen LogP contribution in [0.1, 0.15) is 10.4 Å². The lowest BCUT2D eigenvalue weighted by molar-refractivity contribution is 0.0924. The maximum absolute atomic E-state index is 14.0. The molecule has 0 aliphatic carbocycles. The third-order valence-electron chi connectivity index (χ3n) is 4.37. The molecule has 1 N–H and O–H groups in total. The predicted octanol–water partition coefficient (Wildman–Crippen LogP) is 2.07. The number of benzene rings is 1. The van der Waals surface area contributed by atoms with Crippen molar-refractivity contribution in [3.63, 3.8) is 0 Å². The van der Waals surface area contributed by atoms with Gasteiger partial charge in [-0.2, -0.15) is 0 Å². The highest BCUT2D eigenvalue weighted by Gasteiger charge is 2.35. The highest BCUT2D eigenvalue weighted by Crippen LogP contribution is 2.23. The third kappa shape index (κ3) is 4.28. The molecule has 1 aromatic carbocycles. The average Bonchev–Trinajstić information content (AvgIpc) is 2.99. The summed E-state index contributed by atoms with van der Waals surface area (Å²) >= 11 is 5.90. The van der Waals surface area contributed by atoms with Crippen molar-refractivity contribution in [2.24, 2.45) is 5.92 Å². The van der Waals surface area contributed by atoms with E-state index in [4.69, 9.17) is 11.6 Å². The zero-order chi connectivity index (χ0) is 18.7. The van der Waals surface area contributed by atoms with Crippen LogP contribution in [0.3, 0.4) is 0 Å². The maximum atomic E-state index is 14.0. The van der Waals surface area contributed by atoms with Gasteiger partial charge in [-0.1, -0.05) is 11.6 Å². The van der Waals surface area contributed by atoms with Crippen molar-refractivity contribution in [1.29, 1.82) is 0 Å². The van der Waals surface area contributed by atoms with E-state index in [1.165, 1.54) is 18.2 Å². The molecule has 26 heavy (non-hydrogen) atoms. The van der Waals surface area contributed by atoms with Gasteiger partial charge in [0, 0.05) is 43.0 Å². The topological polar surface area (TPSA) is 61.4 Å². The summed E-state index contributed by atoms with van der Waals surface area (Å²) in [4.78, 5) is 25.2. The van der Waals surface area contributed by atoms with Crippen LogP contribution in [0.15, 0.2) is 36.7 Å². The molecule has 1 amide bonds. The lowest BCUT2D eigenvalue weighted by Crippen LogP contribution is -2.43. The number of carbonyl (C=O) groups excluding carboxylic acids is 1. The summed E-state index contributed by atoms with van der Waals surface area (Å²) < 4.78 is 14.0. The molecule has 0 spiro atoms. The Kier molecular flexibility index (Phi) is 5.68. The molecule has 1 aliphatic rings. The second kappa shape index (κ2) is 7.97. The molecule has 6 nitrogen and oxygen atoms in total.